The normalized spacial score (nSPS) is 11.6. The first-order chi connectivity index (χ1) is 33.9. The number of amides is 1. The van der Waals surface area contributed by atoms with Crippen molar-refractivity contribution in [2.75, 3.05) is 77.9 Å². The molecule has 22 heteroatoms. The van der Waals surface area contributed by atoms with E-state index < -0.39 is 23.6 Å². The number of aromatic nitrogens is 7. The van der Waals surface area contributed by atoms with E-state index in [4.69, 9.17) is 14.2 Å². The van der Waals surface area contributed by atoms with Crippen LogP contribution in [0.15, 0.2) is 71.9 Å². The maximum absolute atomic E-state index is 15.1. The number of carbonyl (C=O) groups excluding carboxylic acids is 4. The molecule has 1 amide bonds. The lowest BCUT2D eigenvalue weighted by Gasteiger charge is -2.25. The Hall–Kier alpha value is -6.56. The number of hydrogen-bond donors (Lipinski definition) is 4. The number of anilines is 3. The van der Waals surface area contributed by atoms with Crippen molar-refractivity contribution in [3.63, 3.8) is 0 Å². The Labute approximate surface area is 409 Å². The Morgan fingerprint density at radius 1 is 0.929 bits per heavy atom. The van der Waals surface area contributed by atoms with Gasteiger partial charge in [-0.05, 0) is 95.7 Å². The van der Waals surface area contributed by atoms with Crippen LogP contribution < -0.4 is 20.7 Å². The van der Waals surface area contributed by atoms with Crippen LogP contribution in [0.1, 0.15) is 65.0 Å². The van der Waals surface area contributed by atoms with Crippen molar-refractivity contribution in [1.29, 1.82) is 0 Å². The molecule has 0 spiro atoms. The average molecular weight is 987 g/mol. The van der Waals surface area contributed by atoms with E-state index in [9.17, 15) is 23.6 Å². The molecule has 3 aromatic carbocycles. The maximum Gasteiger partial charge on any atom is 0.257 e. The Morgan fingerprint density at radius 3 is 2.39 bits per heavy atom. The first-order valence-corrected chi connectivity index (χ1v) is 23.4. The van der Waals surface area contributed by atoms with Crippen molar-refractivity contribution in [2.24, 2.45) is 0 Å². The molecule has 0 fully saturated rings. The van der Waals surface area contributed by atoms with Gasteiger partial charge in [0.1, 0.15) is 35.3 Å². The number of ether oxygens (including phenoxy) is 3. The average Bonchev–Trinajstić information content (AvgIpc) is 3.96. The standard InChI is InChI=1S/C46H53F2N11O7S.C2H7N/c1-30(2)59-31(3)52-44-38(47)23-33(24-41(44)59)43-39(48)25-50-46(54-43)53-34-10-12-37(13-11-34)67-51-15-19-66-29-35-26-58(56-55-35)16-20-65-22-21-64-18-14-49-40-9-5-7-32(27-61)42(40)45(63)57(4)36(28-62)8-6-17-60;1-3-2/h5,7,9-13,17,23-28,30,36,49,51H,6,8,14-16,18-22,29H2,1-4H3,(H,50,53,54);3H,1-2H3. The summed E-state index contributed by atoms with van der Waals surface area (Å²) >= 11 is 1.44. The molecular formula is C48H60F2N12O7S. The fraction of sp³-hybridized carbons (Fsp3) is 0.396. The number of aryl methyl sites for hydroxylation is 1. The minimum Gasteiger partial charge on any atom is -0.382 e. The summed E-state index contributed by atoms with van der Waals surface area (Å²) in [4.78, 5) is 62.4. The summed E-state index contributed by atoms with van der Waals surface area (Å²) in [6, 6.07) is 14.5. The van der Waals surface area contributed by atoms with Crippen molar-refractivity contribution in [3.8, 4) is 11.3 Å². The molecule has 1 atom stereocenters. The zero-order valence-electron chi connectivity index (χ0n) is 40.1. The van der Waals surface area contributed by atoms with Crippen molar-refractivity contribution in [2.45, 2.75) is 63.7 Å². The van der Waals surface area contributed by atoms with Crippen LogP contribution in [-0.4, -0.2) is 137 Å². The van der Waals surface area contributed by atoms with Crippen molar-refractivity contribution >= 4 is 65.1 Å². The van der Waals surface area contributed by atoms with Crippen LogP contribution in [0.25, 0.3) is 22.3 Å². The lowest BCUT2D eigenvalue weighted by Crippen LogP contribution is -2.39. The molecule has 0 bridgehead atoms. The van der Waals surface area contributed by atoms with Crippen molar-refractivity contribution < 1.29 is 42.2 Å². The van der Waals surface area contributed by atoms with Gasteiger partial charge in [0.2, 0.25) is 5.95 Å². The highest BCUT2D eigenvalue weighted by molar-refractivity contribution is 7.97. The number of imidazole rings is 1. The fourth-order valence-corrected chi connectivity index (χ4v) is 7.70. The molecule has 3 heterocycles. The second kappa shape index (κ2) is 28.2. The third-order valence-electron chi connectivity index (χ3n) is 10.3. The zero-order valence-corrected chi connectivity index (χ0v) is 40.9. The van der Waals surface area contributed by atoms with Crippen LogP contribution in [0.2, 0.25) is 0 Å². The highest BCUT2D eigenvalue weighted by Crippen LogP contribution is 2.31. The molecule has 6 aromatic rings. The first-order valence-electron chi connectivity index (χ1n) is 22.6. The van der Waals surface area contributed by atoms with Crippen molar-refractivity contribution in [3.05, 3.63) is 101 Å². The summed E-state index contributed by atoms with van der Waals surface area (Å²) in [5.74, 6) is -0.897. The Bertz CT molecular complexity index is 2630. The molecule has 0 radical (unpaired) electrons. The summed E-state index contributed by atoms with van der Waals surface area (Å²) in [7, 11) is 5.22. The molecule has 374 valence electrons. The molecule has 6 rings (SSSR count). The van der Waals surface area contributed by atoms with Gasteiger partial charge in [0.15, 0.2) is 17.9 Å². The number of rotatable bonds is 28. The van der Waals surface area contributed by atoms with Crippen LogP contribution >= 0.6 is 11.9 Å². The van der Waals surface area contributed by atoms with Gasteiger partial charge in [-0.15, -0.1) is 5.10 Å². The molecule has 0 aliphatic rings. The largest absolute Gasteiger partial charge is 0.382 e. The van der Waals surface area contributed by atoms with E-state index in [1.807, 2.05) is 63.7 Å². The maximum atomic E-state index is 15.1. The topological polar surface area (TPSA) is 222 Å². The third kappa shape index (κ3) is 15.5. The molecule has 3 aromatic heterocycles. The quantitative estimate of drug-likeness (QED) is 0.0243. The van der Waals surface area contributed by atoms with Crippen molar-refractivity contribution in [1.82, 2.24) is 49.5 Å². The second-order valence-electron chi connectivity index (χ2n) is 15.9. The number of carbonyl (C=O) groups is 4. The number of hydrogen-bond acceptors (Lipinski definition) is 17. The monoisotopic (exact) mass is 986 g/mol. The summed E-state index contributed by atoms with van der Waals surface area (Å²) in [6.45, 7) is 9.27. The molecule has 0 aliphatic heterocycles. The Morgan fingerprint density at radius 2 is 1.67 bits per heavy atom. The van der Waals surface area contributed by atoms with Gasteiger partial charge in [-0.2, -0.15) is 0 Å². The minimum atomic E-state index is -0.800. The van der Waals surface area contributed by atoms with E-state index in [0.717, 1.165) is 11.1 Å². The van der Waals surface area contributed by atoms with E-state index in [1.165, 1.54) is 36.0 Å². The van der Waals surface area contributed by atoms with Crippen LogP contribution in [0.3, 0.4) is 0 Å². The fourth-order valence-electron chi connectivity index (χ4n) is 7.07. The number of aldehydes is 3. The third-order valence-corrected chi connectivity index (χ3v) is 11.2. The molecule has 4 N–H and O–H groups in total. The number of benzene rings is 3. The van der Waals surface area contributed by atoms with E-state index in [-0.39, 0.29) is 52.7 Å². The smallest absolute Gasteiger partial charge is 0.257 e. The predicted octanol–water partition coefficient (Wildman–Crippen LogP) is 6.22. The summed E-state index contributed by atoms with van der Waals surface area (Å²) in [6.07, 6.45) is 5.07. The molecule has 70 heavy (non-hydrogen) atoms. The lowest BCUT2D eigenvalue weighted by atomic mass is 10.0. The molecule has 0 aliphatic carbocycles. The Kier molecular flexibility index (Phi) is 21.9. The van der Waals surface area contributed by atoms with Gasteiger partial charge in [0.05, 0.1) is 75.7 Å². The highest BCUT2D eigenvalue weighted by Gasteiger charge is 2.25. The molecule has 19 nitrogen and oxygen atoms in total. The lowest BCUT2D eigenvalue weighted by molar-refractivity contribution is -0.112. The molecule has 0 saturated heterocycles. The van der Waals surface area contributed by atoms with Gasteiger partial charge in [-0.25, -0.2) is 28.4 Å². The van der Waals surface area contributed by atoms with Crippen LogP contribution in [0.5, 0.6) is 0 Å². The minimum absolute atomic E-state index is 0.0240. The van der Waals surface area contributed by atoms with Gasteiger partial charge in [0.25, 0.3) is 5.91 Å². The predicted molar refractivity (Wildman–Crippen MR) is 263 cm³/mol. The number of fused-ring (bicyclic) bond motifs is 1. The van der Waals surface area contributed by atoms with Crippen LogP contribution in [0.4, 0.5) is 26.1 Å². The number of nitrogens with one attached hydrogen (secondary N) is 4. The van der Waals surface area contributed by atoms with E-state index in [1.54, 1.807) is 29.1 Å². The summed E-state index contributed by atoms with van der Waals surface area (Å²) in [5, 5.41) is 17.3. The summed E-state index contributed by atoms with van der Waals surface area (Å²) in [5.41, 5.74) is 3.18. The molecular weight excluding hydrogens is 927 g/mol. The van der Waals surface area contributed by atoms with Gasteiger partial charge in [-0.3, -0.25) is 14.3 Å². The highest BCUT2D eigenvalue weighted by atomic mass is 32.2. The van der Waals surface area contributed by atoms with E-state index in [0.29, 0.717) is 107 Å². The van der Waals surface area contributed by atoms with Gasteiger partial charge in [-0.1, -0.05) is 17.3 Å². The second-order valence-corrected chi connectivity index (χ2v) is 16.9. The molecule has 0 saturated carbocycles. The van der Waals surface area contributed by atoms with E-state index in [2.05, 4.69) is 45.9 Å². The first kappa shape index (κ1) is 54.4. The van der Waals surface area contributed by atoms with E-state index >= 15 is 4.39 Å². The molecule has 1 unspecified atom stereocenters. The summed E-state index contributed by atoms with van der Waals surface area (Å²) < 4.78 is 54.0. The zero-order chi connectivity index (χ0) is 50.4. The SMILES string of the molecule is CNC.Cc1nc2c(F)cc(-c3nc(Nc4ccc(SNCCOCc5cn(CCOCCOCCNc6cccc(C=O)c6C(=O)N(C)C(C=O)CCC=O)nn5)cc4)ncc3F)cc2n1C(C)C. The van der Waals surface area contributed by atoms with Crippen LogP contribution in [-0.2, 0) is 37.0 Å². The van der Waals surface area contributed by atoms with Gasteiger partial charge < -0.3 is 49.2 Å². The number of halogens is 2. The van der Waals surface area contributed by atoms with Crippen LogP contribution in [0, 0.1) is 18.6 Å². The number of likely N-dealkylation sites (N-methyl/N-ethyl adjacent to an activating group) is 1. The Balaban J connectivity index is 0.00000296. The number of nitrogens with zero attached hydrogens (tertiary/aromatic N) is 8. The van der Waals surface area contributed by atoms with Gasteiger partial charge >= 0.3 is 0 Å². The van der Waals surface area contributed by atoms with Gasteiger partial charge in [0, 0.05) is 60.0 Å².